The Hall–Kier alpha value is -2.04. The third-order valence-corrected chi connectivity index (χ3v) is 2.85. The van der Waals surface area contributed by atoms with Crippen molar-refractivity contribution in [1.82, 2.24) is 5.32 Å². The Labute approximate surface area is 130 Å². The molecule has 0 bridgehead atoms. The lowest BCUT2D eigenvalue weighted by molar-refractivity contribution is -0.119. The van der Waals surface area contributed by atoms with Gasteiger partial charge < -0.3 is 15.8 Å². The summed E-state index contributed by atoms with van der Waals surface area (Å²) in [5.74, 6) is 0.650. The number of carbonyl (C=O) groups excluding carboxylic acids is 1. The highest BCUT2D eigenvalue weighted by atomic mass is 35.5. The Bertz CT molecular complexity index is 544. The number of benzene rings is 2. The van der Waals surface area contributed by atoms with Gasteiger partial charge in [-0.15, -0.1) is 12.4 Å². The highest BCUT2D eigenvalue weighted by molar-refractivity contribution is 5.85. The molecular weight excluding hydrogens is 288 g/mol. The van der Waals surface area contributed by atoms with Crippen molar-refractivity contribution in [2.75, 3.05) is 6.54 Å². The molecule has 0 aliphatic heterocycles. The average molecular weight is 307 g/mol. The average Bonchev–Trinajstić information content (AvgIpc) is 2.52. The van der Waals surface area contributed by atoms with Crippen LogP contribution in [0.15, 0.2) is 54.6 Å². The van der Waals surface area contributed by atoms with Crippen LogP contribution >= 0.6 is 12.4 Å². The molecule has 2 aromatic carbocycles. The van der Waals surface area contributed by atoms with E-state index in [1.807, 2.05) is 54.6 Å². The number of hydrogen-bond acceptors (Lipinski definition) is 3. The minimum absolute atomic E-state index is 0. The van der Waals surface area contributed by atoms with Gasteiger partial charge in [-0.05, 0) is 23.3 Å². The van der Waals surface area contributed by atoms with Crippen LogP contribution < -0.4 is 15.8 Å². The standard InChI is InChI=1S/C16H18N2O2.ClH/c17-10-16(19)18-11-13-6-8-15(9-7-13)20-12-14-4-2-1-3-5-14;/h1-9H,10-12,17H2,(H,18,19);1H. The number of hydrogen-bond donors (Lipinski definition) is 2. The first kappa shape index (κ1) is 17.0. The Balaban J connectivity index is 0.00000220. The Morgan fingerprint density at radius 3 is 2.29 bits per heavy atom. The van der Waals surface area contributed by atoms with Crippen molar-refractivity contribution in [1.29, 1.82) is 0 Å². The molecule has 0 saturated heterocycles. The lowest BCUT2D eigenvalue weighted by Crippen LogP contribution is -2.29. The zero-order chi connectivity index (χ0) is 14.2. The molecule has 5 heteroatoms. The van der Waals surface area contributed by atoms with Gasteiger partial charge in [0.15, 0.2) is 0 Å². The van der Waals surface area contributed by atoms with E-state index in [4.69, 9.17) is 10.5 Å². The minimum Gasteiger partial charge on any atom is -0.489 e. The first-order valence-corrected chi connectivity index (χ1v) is 6.50. The maximum absolute atomic E-state index is 11.1. The summed E-state index contributed by atoms with van der Waals surface area (Å²) in [6.45, 7) is 1.04. The molecule has 0 spiro atoms. The highest BCUT2D eigenvalue weighted by Crippen LogP contribution is 2.14. The van der Waals surface area contributed by atoms with Crippen molar-refractivity contribution in [3.05, 3.63) is 65.7 Å². The topological polar surface area (TPSA) is 64.4 Å². The summed E-state index contributed by atoms with van der Waals surface area (Å²) in [6, 6.07) is 17.7. The van der Waals surface area contributed by atoms with E-state index in [0.717, 1.165) is 16.9 Å². The van der Waals surface area contributed by atoms with E-state index in [-0.39, 0.29) is 24.9 Å². The molecule has 0 heterocycles. The SMILES string of the molecule is Cl.NCC(=O)NCc1ccc(OCc2ccccc2)cc1. The van der Waals surface area contributed by atoms with Crippen molar-refractivity contribution in [3.63, 3.8) is 0 Å². The summed E-state index contributed by atoms with van der Waals surface area (Å²) in [4.78, 5) is 11.1. The monoisotopic (exact) mass is 306 g/mol. The van der Waals surface area contributed by atoms with Crippen LogP contribution in [-0.4, -0.2) is 12.5 Å². The van der Waals surface area contributed by atoms with Gasteiger partial charge in [0.2, 0.25) is 5.91 Å². The molecule has 0 radical (unpaired) electrons. The van der Waals surface area contributed by atoms with Crippen LogP contribution in [0.4, 0.5) is 0 Å². The third-order valence-electron chi connectivity index (χ3n) is 2.85. The Kier molecular flexibility index (Phi) is 7.29. The van der Waals surface area contributed by atoms with Gasteiger partial charge in [-0.3, -0.25) is 4.79 Å². The van der Waals surface area contributed by atoms with Gasteiger partial charge >= 0.3 is 0 Å². The molecule has 0 aliphatic carbocycles. The van der Waals surface area contributed by atoms with Crippen LogP contribution in [-0.2, 0) is 17.9 Å². The smallest absolute Gasteiger partial charge is 0.234 e. The van der Waals surface area contributed by atoms with Crippen LogP contribution in [0.3, 0.4) is 0 Å². The maximum Gasteiger partial charge on any atom is 0.234 e. The molecule has 3 N–H and O–H groups in total. The van der Waals surface area contributed by atoms with Crippen LogP contribution in [0.5, 0.6) is 5.75 Å². The summed E-state index contributed by atoms with van der Waals surface area (Å²) in [5, 5.41) is 2.72. The van der Waals surface area contributed by atoms with E-state index >= 15 is 0 Å². The molecule has 0 aromatic heterocycles. The first-order chi connectivity index (χ1) is 9.78. The number of nitrogens with two attached hydrogens (primary N) is 1. The summed E-state index contributed by atoms with van der Waals surface area (Å²) in [6.07, 6.45) is 0. The summed E-state index contributed by atoms with van der Waals surface area (Å²) >= 11 is 0. The van der Waals surface area contributed by atoms with E-state index in [1.165, 1.54) is 0 Å². The molecule has 1 amide bonds. The van der Waals surface area contributed by atoms with Crippen LogP contribution in [0.2, 0.25) is 0 Å². The number of carbonyl (C=O) groups is 1. The maximum atomic E-state index is 11.1. The van der Waals surface area contributed by atoms with Gasteiger partial charge in [0.25, 0.3) is 0 Å². The summed E-state index contributed by atoms with van der Waals surface area (Å²) in [5.41, 5.74) is 7.37. The zero-order valence-electron chi connectivity index (χ0n) is 11.6. The second-order valence-corrected chi connectivity index (χ2v) is 4.40. The quantitative estimate of drug-likeness (QED) is 0.860. The fraction of sp³-hybridized carbons (Fsp3) is 0.188. The Morgan fingerprint density at radius 2 is 1.67 bits per heavy atom. The van der Waals surface area contributed by atoms with Crippen LogP contribution in [0.25, 0.3) is 0 Å². The Morgan fingerprint density at radius 1 is 1.00 bits per heavy atom. The van der Waals surface area contributed by atoms with Gasteiger partial charge in [-0.25, -0.2) is 0 Å². The third kappa shape index (κ3) is 5.85. The van der Waals surface area contributed by atoms with Crippen LogP contribution in [0, 0.1) is 0 Å². The molecule has 21 heavy (non-hydrogen) atoms. The number of halogens is 1. The zero-order valence-corrected chi connectivity index (χ0v) is 12.4. The predicted octanol–water partition coefficient (Wildman–Crippen LogP) is 2.26. The van der Waals surface area contributed by atoms with Crippen molar-refractivity contribution >= 4 is 18.3 Å². The second kappa shape index (κ2) is 9.00. The molecule has 2 aromatic rings. The normalized spacial score (nSPS) is 9.57. The van der Waals surface area contributed by atoms with Gasteiger partial charge in [0, 0.05) is 6.54 Å². The number of rotatable bonds is 6. The van der Waals surface area contributed by atoms with Gasteiger partial charge in [0.1, 0.15) is 12.4 Å². The molecule has 4 nitrogen and oxygen atoms in total. The van der Waals surface area contributed by atoms with Crippen molar-refractivity contribution in [2.45, 2.75) is 13.2 Å². The molecule has 0 atom stereocenters. The second-order valence-electron chi connectivity index (χ2n) is 4.40. The highest BCUT2D eigenvalue weighted by Gasteiger charge is 1.99. The lowest BCUT2D eigenvalue weighted by Gasteiger charge is -2.08. The van der Waals surface area contributed by atoms with E-state index in [2.05, 4.69) is 5.32 Å². The van der Waals surface area contributed by atoms with Gasteiger partial charge in [-0.1, -0.05) is 42.5 Å². The minimum atomic E-state index is -0.158. The van der Waals surface area contributed by atoms with Gasteiger partial charge in [0.05, 0.1) is 6.54 Å². The predicted molar refractivity (Wildman–Crippen MR) is 85.4 cm³/mol. The van der Waals surface area contributed by atoms with Crippen molar-refractivity contribution < 1.29 is 9.53 Å². The largest absolute Gasteiger partial charge is 0.489 e. The van der Waals surface area contributed by atoms with Crippen LogP contribution in [0.1, 0.15) is 11.1 Å². The fourth-order valence-electron chi connectivity index (χ4n) is 1.72. The molecule has 0 saturated carbocycles. The molecule has 2 rings (SSSR count). The van der Waals surface area contributed by atoms with E-state index in [9.17, 15) is 4.79 Å². The lowest BCUT2D eigenvalue weighted by atomic mass is 10.2. The van der Waals surface area contributed by atoms with Crippen molar-refractivity contribution in [3.8, 4) is 5.75 Å². The summed E-state index contributed by atoms with van der Waals surface area (Å²) in [7, 11) is 0. The first-order valence-electron chi connectivity index (χ1n) is 6.50. The summed E-state index contributed by atoms with van der Waals surface area (Å²) < 4.78 is 5.69. The van der Waals surface area contributed by atoms with E-state index < -0.39 is 0 Å². The van der Waals surface area contributed by atoms with Crippen molar-refractivity contribution in [2.24, 2.45) is 5.73 Å². The number of nitrogens with one attached hydrogen (secondary N) is 1. The molecule has 112 valence electrons. The number of amides is 1. The van der Waals surface area contributed by atoms with E-state index in [1.54, 1.807) is 0 Å². The molecule has 0 unspecified atom stereocenters. The van der Waals surface area contributed by atoms with Gasteiger partial charge in [-0.2, -0.15) is 0 Å². The van der Waals surface area contributed by atoms with E-state index in [0.29, 0.717) is 13.2 Å². The molecule has 0 aliphatic rings. The fourth-order valence-corrected chi connectivity index (χ4v) is 1.72. The number of ether oxygens (including phenoxy) is 1. The molecule has 0 fully saturated rings. The molecular formula is C16H19ClN2O2.